The van der Waals surface area contributed by atoms with Crippen LogP contribution in [0.1, 0.15) is 0 Å². The SMILES string of the molecule is [Pt+2].[c-]1c(Oc2[c-]c3c(cc2)c2ccccc2n3-c2ccccn2)ccc2c1c1nccn1c1cc(-c3ccccc3)ccc21. The first-order valence-electron chi connectivity index (χ1n) is 14.2. The first-order valence-corrected chi connectivity index (χ1v) is 14.2. The molecule has 0 saturated heterocycles. The minimum Gasteiger partial charge on any atom is -0.503 e. The maximum atomic E-state index is 6.41. The molecule has 0 fully saturated rings. The van der Waals surface area contributed by atoms with Crippen molar-refractivity contribution >= 4 is 49.1 Å². The molecule has 9 aromatic rings. The van der Waals surface area contributed by atoms with Gasteiger partial charge < -0.3 is 13.7 Å². The molecule has 0 N–H and O–H groups in total. The van der Waals surface area contributed by atoms with Gasteiger partial charge in [0.2, 0.25) is 0 Å². The van der Waals surface area contributed by atoms with Crippen LogP contribution in [-0.4, -0.2) is 18.9 Å². The second-order valence-corrected chi connectivity index (χ2v) is 10.6. The fourth-order valence-electron chi connectivity index (χ4n) is 6.16. The number of fused-ring (bicyclic) bond motifs is 9. The standard InChI is InChI=1S/C38H22N4O.Pt/c1-2-8-25(9-3-1)26-13-16-31-29-17-14-27(23-33(29)38-40-20-21-41(38)35(31)22-26)43-28-15-18-32-30-10-4-5-11-34(30)42(36(32)24-28)37-12-6-7-19-39-37;/h1-22H;/q-2;+2. The first kappa shape index (κ1) is 26.4. The van der Waals surface area contributed by atoms with E-state index in [-0.39, 0.29) is 21.1 Å². The Morgan fingerprint density at radius 2 is 1.32 bits per heavy atom. The van der Waals surface area contributed by atoms with Gasteiger partial charge in [0.05, 0.1) is 5.65 Å². The number of imidazole rings is 1. The maximum Gasteiger partial charge on any atom is 2.00 e. The van der Waals surface area contributed by atoms with E-state index in [4.69, 9.17) is 9.72 Å². The Morgan fingerprint density at radius 3 is 2.18 bits per heavy atom. The molecule has 210 valence electrons. The molecular formula is C38H22N4OPt. The number of para-hydroxylation sites is 1. The number of nitrogens with zero attached hydrogens (tertiary/aromatic N) is 4. The van der Waals surface area contributed by atoms with E-state index in [0.29, 0.717) is 11.5 Å². The van der Waals surface area contributed by atoms with Gasteiger partial charge in [-0.05, 0) is 46.2 Å². The van der Waals surface area contributed by atoms with Crippen LogP contribution in [0.4, 0.5) is 0 Å². The van der Waals surface area contributed by atoms with Crippen molar-refractivity contribution in [1.29, 1.82) is 0 Å². The normalized spacial score (nSPS) is 11.5. The Bertz CT molecular complexity index is 2480. The van der Waals surface area contributed by atoms with Crippen LogP contribution in [0, 0.1) is 12.1 Å². The van der Waals surface area contributed by atoms with Crippen molar-refractivity contribution in [3.63, 3.8) is 0 Å². The molecule has 0 unspecified atom stereocenters. The summed E-state index contributed by atoms with van der Waals surface area (Å²) >= 11 is 0. The fourth-order valence-corrected chi connectivity index (χ4v) is 6.16. The van der Waals surface area contributed by atoms with Crippen molar-refractivity contribution in [2.24, 2.45) is 0 Å². The van der Waals surface area contributed by atoms with E-state index in [1.54, 1.807) is 0 Å². The number of hydrogen-bond acceptors (Lipinski definition) is 3. The smallest absolute Gasteiger partial charge is 0.503 e. The van der Waals surface area contributed by atoms with Crippen LogP contribution in [0.15, 0.2) is 134 Å². The molecule has 0 aliphatic rings. The van der Waals surface area contributed by atoms with Gasteiger partial charge in [-0.3, -0.25) is 4.98 Å². The van der Waals surface area contributed by atoms with E-state index in [0.717, 1.165) is 54.9 Å². The van der Waals surface area contributed by atoms with Crippen LogP contribution in [0.3, 0.4) is 0 Å². The average molecular weight is 746 g/mol. The number of pyridine rings is 2. The number of rotatable bonds is 4. The van der Waals surface area contributed by atoms with Crippen molar-refractivity contribution in [1.82, 2.24) is 18.9 Å². The molecule has 0 spiro atoms. The molecule has 0 atom stereocenters. The molecule has 6 heteroatoms. The van der Waals surface area contributed by atoms with Crippen molar-refractivity contribution in [3.05, 3.63) is 146 Å². The molecule has 4 aromatic heterocycles. The summed E-state index contributed by atoms with van der Waals surface area (Å²) < 4.78 is 10.7. The maximum absolute atomic E-state index is 6.41. The summed E-state index contributed by atoms with van der Waals surface area (Å²) in [4.78, 5) is 9.34. The zero-order chi connectivity index (χ0) is 28.3. The van der Waals surface area contributed by atoms with Gasteiger partial charge in [0.25, 0.3) is 0 Å². The molecule has 0 radical (unpaired) electrons. The van der Waals surface area contributed by atoms with Gasteiger partial charge in [-0.1, -0.05) is 89.1 Å². The van der Waals surface area contributed by atoms with Gasteiger partial charge in [0.1, 0.15) is 5.82 Å². The molecule has 5 aromatic carbocycles. The molecule has 0 saturated carbocycles. The molecule has 9 rings (SSSR count). The summed E-state index contributed by atoms with van der Waals surface area (Å²) in [5, 5.41) is 5.36. The number of ether oxygens (including phenoxy) is 1. The van der Waals surface area contributed by atoms with Gasteiger partial charge in [0.15, 0.2) is 0 Å². The zero-order valence-corrected chi connectivity index (χ0v) is 25.5. The summed E-state index contributed by atoms with van der Waals surface area (Å²) in [6.07, 6.45) is 5.65. The van der Waals surface area contributed by atoms with Crippen LogP contribution in [0.25, 0.3) is 66.1 Å². The third-order valence-electron chi connectivity index (χ3n) is 8.09. The van der Waals surface area contributed by atoms with Crippen molar-refractivity contribution < 1.29 is 25.8 Å². The van der Waals surface area contributed by atoms with Crippen molar-refractivity contribution in [2.75, 3.05) is 0 Å². The summed E-state index contributed by atoms with van der Waals surface area (Å²) in [6.45, 7) is 0. The van der Waals surface area contributed by atoms with Crippen LogP contribution < -0.4 is 4.74 Å². The molecule has 5 nitrogen and oxygen atoms in total. The Balaban J connectivity index is 0.00000289. The summed E-state index contributed by atoms with van der Waals surface area (Å²) in [6, 6.07) is 46.5. The molecule has 4 heterocycles. The Hall–Kier alpha value is -5.25. The number of hydrogen-bond donors (Lipinski definition) is 0. The Kier molecular flexibility index (Phi) is 6.28. The zero-order valence-electron chi connectivity index (χ0n) is 23.2. The van der Waals surface area contributed by atoms with Gasteiger partial charge >= 0.3 is 21.1 Å². The van der Waals surface area contributed by atoms with Gasteiger partial charge in [0, 0.05) is 41.1 Å². The summed E-state index contributed by atoms with van der Waals surface area (Å²) in [5.41, 5.74) is 6.28. The van der Waals surface area contributed by atoms with E-state index >= 15 is 0 Å². The third-order valence-corrected chi connectivity index (χ3v) is 8.09. The predicted molar refractivity (Wildman–Crippen MR) is 172 cm³/mol. The fraction of sp³-hybridized carbons (Fsp3) is 0. The molecule has 0 aliphatic heterocycles. The molecule has 44 heavy (non-hydrogen) atoms. The van der Waals surface area contributed by atoms with Crippen LogP contribution in [0.2, 0.25) is 0 Å². The molecule has 0 aliphatic carbocycles. The Labute approximate surface area is 267 Å². The number of benzene rings is 5. The topological polar surface area (TPSA) is 44.3 Å². The molecule has 0 amide bonds. The summed E-state index contributed by atoms with van der Waals surface area (Å²) in [7, 11) is 0. The molecule has 0 bridgehead atoms. The molecular weight excluding hydrogens is 724 g/mol. The average Bonchev–Trinajstić information content (AvgIpc) is 3.69. The van der Waals surface area contributed by atoms with E-state index in [1.807, 2.05) is 61.1 Å². The van der Waals surface area contributed by atoms with Crippen molar-refractivity contribution in [3.8, 4) is 28.4 Å². The van der Waals surface area contributed by atoms with Crippen LogP contribution in [-0.2, 0) is 21.1 Å². The summed E-state index contributed by atoms with van der Waals surface area (Å²) in [5.74, 6) is 2.05. The van der Waals surface area contributed by atoms with Crippen LogP contribution in [0.5, 0.6) is 11.5 Å². The van der Waals surface area contributed by atoms with Gasteiger partial charge in [-0.15, -0.1) is 29.7 Å². The van der Waals surface area contributed by atoms with Gasteiger partial charge in [-0.25, -0.2) is 4.98 Å². The Morgan fingerprint density at radius 1 is 0.568 bits per heavy atom. The van der Waals surface area contributed by atoms with Gasteiger partial charge in [-0.2, -0.15) is 6.07 Å². The van der Waals surface area contributed by atoms with E-state index in [1.165, 1.54) is 11.1 Å². The second kappa shape index (κ2) is 10.5. The van der Waals surface area contributed by atoms with E-state index < -0.39 is 0 Å². The largest absolute Gasteiger partial charge is 2.00 e. The predicted octanol–water partition coefficient (Wildman–Crippen LogP) is 9.19. The minimum absolute atomic E-state index is 0. The van der Waals surface area contributed by atoms with Crippen LogP contribution >= 0.6 is 0 Å². The quantitative estimate of drug-likeness (QED) is 0.133. The first-order chi connectivity index (χ1) is 21.3. The minimum atomic E-state index is 0. The van der Waals surface area contributed by atoms with Crippen molar-refractivity contribution in [2.45, 2.75) is 0 Å². The van der Waals surface area contributed by atoms with E-state index in [2.05, 4.69) is 98.9 Å². The van der Waals surface area contributed by atoms with E-state index in [9.17, 15) is 0 Å². The monoisotopic (exact) mass is 745 g/mol. The third kappa shape index (κ3) is 4.12. The number of aromatic nitrogens is 4. The second-order valence-electron chi connectivity index (χ2n) is 10.6.